The summed E-state index contributed by atoms with van der Waals surface area (Å²) in [6, 6.07) is 0. The van der Waals surface area contributed by atoms with Gasteiger partial charge in [0, 0.05) is 12.8 Å². The van der Waals surface area contributed by atoms with Crippen LogP contribution in [-0.4, -0.2) is 65.7 Å². The Morgan fingerprint density at radius 1 is 0.544 bits per heavy atom. The minimum atomic E-state index is -4.64. The van der Waals surface area contributed by atoms with E-state index in [0.717, 1.165) is 96.3 Å². The minimum absolute atomic E-state index is 0.137. The molecule has 0 fully saturated rings. The fraction of sp³-hybridized carbons (Fsp3) is 0.652. The molecule has 0 aromatic carbocycles. The SMILES string of the molecule is CC/C=C\C/C=C\C/C=C\C/C=C\C/C=C\CCCCCC(=O)OC(COC(=O)CCCCCCC/C=C\C/C=C\CCCCC)COP(=O)(O)OCC(O)CO. The van der Waals surface area contributed by atoms with Gasteiger partial charge in [-0.3, -0.25) is 18.6 Å². The number of phosphoric acid groups is 1. The van der Waals surface area contributed by atoms with Crippen LogP contribution in [0.3, 0.4) is 0 Å². The number of aliphatic hydroxyl groups is 2. The van der Waals surface area contributed by atoms with Crippen molar-refractivity contribution in [1.82, 2.24) is 0 Å². The second kappa shape index (κ2) is 41.3. The summed E-state index contributed by atoms with van der Waals surface area (Å²) < 4.78 is 32.7. The molecule has 0 heterocycles. The lowest BCUT2D eigenvalue weighted by atomic mass is 10.1. The Labute approximate surface area is 345 Å². The number of esters is 2. The van der Waals surface area contributed by atoms with Crippen LogP contribution in [0.4, 0.5) is 0 Å². The Hall–Kier alpha value is -2.85. The number of allylic oxidation sites excluding steroid dienone is 14. The van der Waals surface area contributed by atoms with E-state index in [2.05, 4.69) is 103 Å². The van der Waals surface area contributed by atoms with Crippen molar-refractivity contribution in [3.05, 3.63) is 85.1 Å². The summed E-state index contributed by atoms with van der Waals surface area (Å²) >= 11 is 0. The Morgan fingerprint density at radius 3 is 1.47 bits per heavy atom. The normalized spacial score (nSPS) is 14.7. The average Bonchev–Trinajstić information content (AvgIpc) is 3.20. The van der Waals surface area contributed by atoms with Crippen molar-refractivity contribution in [2.45, 2.75) is 167 Å². The molecule has 0 bridgehead atoms. The van der Waals surface area contributed by atoms with Crippen LogP contribution >= 0.6 is 7.82 Å². The molecule has 0 aromatic heterocycles. The molecule has 3 N–H and O–H groups in total. The van der Waals surface area contributed by atoms with Gasteiger partial charge in [-0.1, -0.05) is 137 Å². The Kier molecular flexibility index (Phi) is 39.2. The molecular formula is C46H77O10P. The van der Waals surface area contributed by atoms with E-state index in [0.29, 0.717) is 12.8 Å². The molecule has 11 heteroatoms. The van der Waals surface area contributed by atoms with E-state index in [-0.39, 0.29) is 19.4 Å². The molecule has 0 radical (unpaired) electrons. The van der Waals surface area contributed by atoms with Crippen LogP contribution in [0.1, 0.15) is 155 Å². The highest BCUT2D eigenvalue weighted by atomic mass is 31.2. The number of carbonyl (C=O) groups is 2. The van der Waals surface area contributed by atoms with E-state index in [4.69, 9.17) is 19.1 Å². The van der Waals surface area contributed by atoms with Crippen LogP contribution in [-0.2, 0) is 32.7 Å². The quantitative estimate of drug-likeness (QED) is 0.0237. The Bertz CT molecular complexity index is 1220. The van der Waals surface area contributed by atoms with Crippen molar-refractivity contribution in [2.24, 2.45) is 0 Å². The zero-order valence-electron chi connectivity index (χ0n) is 35.3. The number of aliphatic hydroxyl groups excluding tert-OH is 2. The molecule has 10 nitrogen and oxygen atoms in total. The van der Waals surface area contributed by atoms with Crippen molar-refractivity contribution >= 4 is 19.8 Å². The largest absolute Gasteiger partial charge is 0.472 e. The third-order valence-electron chi connectivity index (χ3n) is 8.53. The van der Waals surface area contributed by atoms with Gasteiger partial charge in [-0.15, -0.1) is 0 Å². The predicted octanol–water partition coefficient (Wildman–Crippen LogP) is 11.4. The van der Waals surface area contributed by atoms with E-state index in [1.807, 2.05) is 0 Å². The Morgan fingerprint density at radius 2 is 0.965 bits per heavy atom. The standard InChI is InChI=1S/C46H77O10P/c1-3-5-7-9-11-13-15-17-19-20-21-22-24-26-28-30-32-34-36-38-46(50)56-44(42-55-57(51,52)54-40-43(48)39-47)41-53-45(49)37-35-33-31-29-27-25-23-18-16-14-12-10-8-6-4-2/h5,7,11-14,17-19,21-23,26,28,43-44,47-48H,3-4,6,8-10,15-16,20,24-25,27,29-42H2,1-2H3,(H,51,52)/b7-5-,13-11-,14-12-,19-17-,22-21-,23-18-,28-26-. The number of rotatable bonds is 39. The van der Waals surface area contributed by atoms with Crippen LogP contribution in [0.15, 0.2) is 85.1 Å². The molecular weight excluding hydrogens is 743 g/mol. The molecule has 0 aliphatic carbocycles. The summed E-state index contributed by atoms with van der Waals surface area (Å²) in [5, 5.41) is 18.3. The third-order valence-corrected chi connectivity index (χ3v) is 9.48. The highest BCUT2D eigenvalue weighted by molar-refractivity contribution is 7.47. The van der Waals surface area contributed by atoms with Crippen molar-refractivity contribution in [1.29, 1.82) is 0 Å². The summed E-state index contributed by atoms with van der Waals surface area (Å²) in [6.45, 7) is 2.16. The summed E-state index contributed by atoms with van der Waals surface area (Å²) in [5.74, 6) is -0.987. The summed E-state index contributed by atoms with van der Waals surface area (Å²) in [5.41, 5.74) is 0. The molecule has 0 saturated heterocycles. The van der Waals surface area contributed by atoms with Gasteiger partial charge in [-0.05, 0) is 89.9 Å². The number of hydrogen-bond donors (Lipinski definition) is 3. The molecule has 0 aromatic rings. The molecule has 0 saturated carbocycles. The lowest BCUT2D eigenvalue weighted by Crippen LogP contribution is -2.29. The van der Waals surface area contributed by atoms with Crippen LogP contribution in [0.2, 0.25) is 0 Å². The van der Waals surface area contributed by atoms with E-state index in [9.17, 15) is 24.2 Å². The molecule has 0 spiro atoms. The first-order valence-electron chi connectivity index (χ1n) is 21.5. The monoisotopic (exact) mass is 821 g/mol. The van der Waals surface area contributed by atoms with E-state index in [1.165, 1.54) is 19.3 Å². The molecule has 0 rings (SSSR count). The zero-order valence-corrected chi connectivity index (χ0v) is 36.2. The maximum Gasteiger partial charge on any atom is 0.472 e. The van der Waals surface area contributed by atoms with Crippen molar-refractivity contribution < 1.29 is 47.8 Å². The molecule has 0 aliphatic rings. The van der Waals surface area contributed by atoms with Crippen molar-refractivity contribution in [2.75, 3.05) is 26.4 Å². The third kappa shape index (κ3) is 41.1. The van der Waals surface area contributed by atoms with E-state index >= 15 is 0 Å². The van der Waals surface area contributed by atoms with Gasteiger partial charge in [0.05, 0.1) is 19.8 Å². The summed E-state index contributed by atoms with van der Waals surface area (Å²) in [7, 11) is -4.64. The predicted molar refractivity (Wildman–Crippen MR) is 233 cm³/mol. The maximum absolute atomic E-state index is 12.6. The molecule has 57 heavy (non-hydrogen) atoms. The first kappa shape index (κ1) is 54.2. The topological polar surface area (TPSA) is 149 Å². The maximum atomic E-state index is 12.6. The zero-order chi connectivity index (χ0) is 41.9. The van der Waals surface area contributed by atoms with Crippen molar-refractivity contribution in [3.63, 3.8) is 0 Å². The lowest BCUT2D eigenvalue weighted by molar-refractivity contribution is -0.161. The van der Waals surface area contributed by atoms with Gasteiger partial charge in [-0.25, -0.2) is 4.57 Å². The van der Waals surface area contributed by atoms with E-state index < -0.39 is 51.8 Å². The van der Waals surface area contributed by atoms with E-state index in [1.54, 1.807) is 0 Å². The first-order valence-corrected chi connectivity index (χ1v) is 23.0. The van der Waals surface area contributed by atoms with Gasteiger partial charge >= 0.3 is 19.8 Å². The van der Waals surface area contributed by atoms with Gasteiger partial charge in [-0.2, -0.15) is 0 Å². The fourth-order valence-corrected chi connectivity index (χ4v) is 6.01. The van der Waals surface area contributed by atoms with Crippen LogP contribution in [0.25, 0.3) is 0 Å². The number of carbonyl (C=O) groups excluding carboxylic acids is 2. The fourth-order valence-electron chi connectivity index (χ4n) is 5.22. The minimum Gasteiger partial charge on any atom is -0.462 e. The first-order chi connectivity index (χ1) is 27.7. The number of phosphoric ester groups is 1. The van der Waals surface area contributed by atoms with Gasteiger partial charge < -0.3 is 24.6 Å². The average molecular weight is 821 g/mol. The molecule has 3 atom stereocenters. The second-order valence-corrected chi connectivity index (χ2v) is 15.4. The van der Waals surface area contributed by atoms with Gasteiger partial charge in [0.15, 0.2) is 6.10 Å². The van der Waals surface area contributed by atoms with Crippen LogP contribution in [0.5, 0.6) is 0 Å². The lowest BCUT2D eigenvalue weighted by Gasteiger charge is -2.20. The van der Waals surface area contributed by atoms with Gasteiger partial charge in [0.25, 0.3) is 0 Å². The van der Waals surface area contributed by atoms with Gasteiger partial charge in [0.2, 0.25) is 0 Å². The number of ether oxygens (including phenoxy) is 2. The van der Waals surface area contributed by atoms with Crippen LogP contribution in [0, 0.1) is 0 Å². The van der Waals surface area contributed by atoms with Crippen molar-refractivity contribution in [3.8, 4) is 0 Å². The summed E-state index contributed by atoms with van der Waals surface area (Å²) in [4.78, 5) is 35.0. The highest BCUT2D eigenvalue weighted by Gasteiger charge is 2.27. The molecule has 326 valence electrons. The van der Waals surface area contributed by atoms with Crippen LogP contribution < -0.4 is 0 Å². The molecule has 0 aliphatic heterocycles. The van der Waals surface area contributed by atoms with Gasteiger partial charge in [0.1, 0.15) is 12.7 Å². The highest BCUT2D eigenvalue weighted by Crippen LogP contribution is 2.43. The number of unbranched alkanes of at least 4 members (excludes halogenated alkanes) is 11. The number of hydrogen-bond acceptors (Lipinski definition) is 9. The molecule has 0 amide bonds. The molecule has 3 unspecified atom stereocenters. The Balaban J connectivity index is 4.41. The second-order valence-electron chi connectivity index (χ2n) is 14.0. The summed E-state index contributed by atoms with van der Waals surface area (Å²) in [6.07, 6.45) is 48.3. The smallest absolute Gasteiger partial charge is 0.462 e.